The molecule has 1 aliphatic rings. The van der Waals surface area contributed by atoms with Gasteiger partial charge in [0, 0.05) is 50.5 Å². The van der Waals surface area contributed by atoms with Crippen LogP contribution in [0, 0.1) is 12.8 Å². The second-order valence-corrected chi connectivity index (χ2v) is 11.6. The number of hydrogen-bond donors (Lipinski definition) is 1. The highest BCUT2D eigenvalue weighted by Gasteiger charge is 2.28. The number of likely N-dealkylation sites (N-methyl/N-ethyl adjacent to an activating group) is 1. The van der Waals surface area contributed by atoms with E-state index in [2.05, 4.69) is 19.2 Å². The van der Waals surface area contributed by atoms with E-state index in [1.807, 2.05) is 18.0 Å². The van der Waals surface area contributed by atoms with Gasteiger partial charge in [-0.15, -0.1) is 0 Å². The Balaban J connectivity index is 2.06. The molecule has 0 unspecified atom stereocenters. The van der Waals surface area contributed by atoms with E-state index in [1.165, 1.54) is 15.6 Å². The summed E-state index contributed by atoms with van der Waals surface area (Å²) < 4.78 is 24.9. The van der Waals surface area contributed by atoms with Gasteiger partial charge in [0.05, 0.1) is 19.3 Å². The van der Waals surface area contributed by atoms with Crippen LogP contribution in [0.4, 0.5) is 5.69 Å². The molecule has 192 valence electrons. The third-order valence-electron chi connectivity index (χ3n) is 5.92. The largest absolute Gasteiger partial charge is 0.355 e. The summed E-state index contributed by atoms with van der Waals surface area (Å²) in [5.41, 5.74) is 1.64. The molecule has 0 radical (unpaired) electrons. The molecule has 1 heterocycles. The number of amides is 2. The number of hydrogen-bond acceptors (Lipinski definition) is 6. The van der Waals surface area contributed by atoms with E-state index in [1.54, 1.807) is 24.1 Å². The Labute approximate surface area is 209 Å². The third kappa shape index (κ3) is 8.72. The first kappa shape index (κ1) is 28.4. The Morgan fingerprint density at radius 3 is 2.38 bits per heavy atom. The maximum absolute atomic E-state index is 13.2. The van der Waals surface area contributed by atoms with Crippen LogP contribution in [0.5, 0.6) is 0 Å². The van der Waals surface area contributed by atoms with Crippen molar-refractivity contribution in [3.63, 3.8) is 0 Å². The van der Waals surface area contributed by atoms with Gasteiger partial charge in [-0.05, 0) is 43.4 Å². The molecule has 0 spiro atoms. The van der Waals surface area contributed by atoms with E-state index < -0.39 is 10.0 Å². The third-order valence-corrected chi connectivity index (χ3v) is 7.46. The molecular weight excluding hydrogens is 478 g/mol. The molecule has 0 atom stereocenters. The lowest BCUT2D eigenvalue weighted by Gasteiger charge is -2.39. The van der Waals surface area contributed by atoms with Crippen LogP contribution in [0.15, 0.2) is 18.2 Å². The van der Waals surface area contributed by atoms with E-state index in [9.17, 15) is 18.0 Å². The zero-order chi connectivity index (χ0) is 25.5. The zero-order valence-electron chi connectivity index (χ0n) is 20.9. The van der Waals surface area contributed by atoms with Gasteiger partial charge >= 0.3 is 0 Å². The van der Waals surface area contributed by atoms with Crippen molar-refractivity contribution in [1.82, 2.24) is 19.6 Å². The van der Waals surface area contributed by atoms with Crippen LogP contribution in [0.2, 0.25) is 5.02 Å². The van der Waals surface area contributed by atoms with Gasteiger partial charge in [-0.25, -0.2) is 13.4 Å². The second-order valence-electron chi connectivity index (χ2n) is 9.21. The Hall–Kier alpha value is -1.88. The first-order valence-corrected chi connectivity index (χ1v) is 13.9. The maximum atomic E-state index is 13.2. The highest BCUT2D eigenvalue weighted by molar-refractivity contribution is 7.88. The summed E-state index contributed by atoms with van der Waals surface area (Å²) in [4.78, 5) is 27.6. The summed E-state index contributed by atoms with van der Waals surface area (Å²) >= 11 is 6.22. The van der Waals surface area contributed by atoms with Crippen LogP contribution >= 0.6 is 11.6 Å². The van der Waals surface area contributed by atoms with Gasteiger partial charge in [0.15, 0.2) is 0 Å². The quantitative estimate of drug-likeness (QED) is 0.453. The van der Waals surface area contributed by atoms with Crippen molar-refractivity contribution in [3.05, 3.63) is 28.8 Å². The van der Waals surface area contributed by atoms with Crippen molar-refractivity contribution in [3.8, 4) is 0 Å². The van der Waals surface area contributed by atoms with Crippen molar-refractivity contribution in [1.29, 1.82) is 0 Å². The number of sulfonamides is 1. The van der Waals surface area contributed by atoms with E-state index in [0.29, 0.717) is 43.7 Å². The van der Waals surface area contributed by atoms with Crippen LogP contribution < -0.4 is 10.2 Å². The minimum absolute atomic E-state index is 0.0105. The van der Waals surface area contributed by atoms with Gasteiger partial charge < -0.3 is 10.2 Å². The second kappa shape index (κ2) is 12.7. The SMILES string of the molecule is Cc1ccc(Cl)cc1N(CC(=O)NCCCC(C)C)CC(=O)N(C)N1CCN(S(C)(=O)=O)CC1. The van der Waals surface area contributed by atoms with Gasteiger partial charge in [-0.2, -0.15) is 4.31 Å². The summed E-state index contributed by atoms with van der Waals surface area (Å²) in [6.07, 6.45) is 3.13. The fourth-order valence-corrected chi connectivity index (χ4v) is 4.84. The summed E-state index contributed by atoms with van der Waals surface area (Å²) in [5.74, 6) is 0.232. The van der Waals surface area contributed by atoms with Crippen molar-refractivity contribution < 1.29 is 18.0 Å². The van der Waals surface area contributed by atoms with Gasteiger partial charge in [-0.1, -0.05) is 31.5 Å². The number of carbonyl (C=O) groups excluding carboxylic acids is 2. The van der Waals surface area contributed by atoms with Crippen molar-refractivity contribution in [2.75, 3.05) is 64.0 Å². The lowest BCUT2D eigenvalue weighted by Crippen LogP contribution is -2.56. The number of piperazine rings is 1. The smallest absolute Gasteiger partial charge is 0.256 e. The first-order valence-electron chi connectivity index (χ1n) is 11.6. The summed E-state index contributed by atoms with van der Waals surface area (Å²) in [6.45, 7) is 8.31. The lowest BCUT2D eigenvalue weighted by molar-refractivity contribution is -0.146. The molecule has 0 aromatic heterocycles. The molecule has 34 heavy (non-hydrogen) atoms. The van der Waals surface area contributed by atoms with Crippen LogP contribution in [0.3, 0.4) is 0 Å². The van der Waals surface area contributed by atoms with Gasteiger partial charge in [0.2, 0.25) is 15.9 Å². The minimum atomic E-state index is -3.25. The number of nitrogens with one attached hydrogen (secondary N) is 1. The van der Waals surface area contributed by atoms with E-state index >= 15 is 0 Å². The van der Waals surface area contributed by atoms with Crippen LogP contribution in [0.1, 0.15) is 32.3 Å². The van der Waals surface area contributed by atoms with E-state index in [0.717, 1.165) is 24.1 Å². The average molecular weight is 516 g/mol. The highest BCUT2D eigenvalue weighted by atomic mass is 35.5. The molecule has 1 aromatic carbocycles. The molecule has 1 fully saturated rings. The van der Waals surface area contributed by atoms with Crippen LogP contribution in [0.25, 0.3) is 0 Å². The van der Waals surface area contributed by atoms with E-state index in [-0.39, 0.29) is 24.9 Å². The fraction of sp³-hybridized carbons (Fsp3) is 0.652. The van der Waals surface area contributed by atoms with Gasteiger partial charge in [0.1, 0.15) is 0 Å². The normalized spacial score (nSPS) is 15.4. The Morgan fingerprint density at radius 1 is 1.15 bits per heavy atom. The molecule has 0 bridgehead atoms. The predicted molar refractivity (Wildman–Crippen MR) is 136 cm³/mol. The number of carbonyl (C=O) groups is 2. The maximum Gasteiger partial charge on any atom is 0.256 e. The van der Waals surface area contributed by atoms with Crippen LogP contribution in [-0.2, 0) is 19.6 Å². The Morgan fingerprint density at radius 2 is 1.79 bits per heavy atom. The van der Waals surface area contributed by atoms with Crippen LogP contribution in [-0.4, -0.2) is 93.7 Å². The average Bonchev–Trinajstić information content (AvgIpc) is 2.76. The summed E-state index contributed by atoms with van der Waals surface area (Å²) in [5, 5.41) is 6.83. The standard InChI is InChI=1S/C23H38ClN5O4S/c1-18(2)7-6-10-25-22(30)16-27(21-15-20(24)9-8-19(21)3)17-23(31)26(4)28-11-13-29(14-12-28)34(5,32)33/h8-9,15,18H,6-7,10-14,16-17H2,1-5H3,(H,25,30). The topological polar surface area (TPSA) is 93.3 Å². The summed E-state index contributed by atoms with van der Waals surface area (Å²) in [6, 6.07) is 5.41. The molecule has 1 N–H and O–H groups in total. The van der Waals surface area contributed by atoms with Gasteiger partial charge in [-0.3, -0.25) is 14.6 Å². The number of anilines is 1. The Bertz CT molecular complexity index is 949. The number of benzene rings is 1. The number of rotatable bonds is 11. The van der Waals surface area contributed by atoms with Crippen molar-refractivity contribution in [2.24, 2.45) is 5.92 Å². The molecule has 11 heteroatoms. The minimum Gasteiger partial charge on any atom is -0.355 e. The first-order chi connectivity index (χ1) is 15.9. The van der Waals surface area contributed by atoms with Crippen molar-refractivity contribution in [2.45, 2.75) is 33.6 Å². The highest BCUT2D eigenvalue weighted by Crippen LogP contribution is 2.24. The number of aryl methyl sites for hydroxylation is 1. The predicted octanol–water partition coefficient (Wildman–Crippen LogP) is 1.96. The molecule has 9 nitrogen and oxygen atoms in total. The number of halogens is 1. The lowest BCUT2D eigenvalue weighted by atomic mass is 10.1. The molecule has 2 rings (SSSR count). The molecule has 0 aliphatic carbocycles. The summed E-state index contributed by atoms with van der Waals surface area (Å²) in [7, 11) is -1.58. The molecule has 1 aliphatic heterocycles. The van der Waals surface area contributed by atoms with Gasteiger partial charge in [0.25, 0.3) is 5.91 Å². The molecule has 1 saturated heterocycles. The zero-order valence-corrected chi connectivity index (χ0v) is 22.5. The monoisotopic (exact) mass is 515 g/mol. The molecule has 2 amide bonds. The molecule has 1 aromatic rings. The number of hydrazine groups is 1. The Kier molecular flexibility index (Phi) is 10.6. The molecular formula is C23H38ClN5O4S. The fourth-order valence-electron chi connectivity index (χ4n) is 3.85. The van der Waals surface area contributed by atoms with Crippen molar-refractivity contribution >= 4 is 39.1 Å². The number of nitrogens with zero attached hydrogens (tertiary/aromatic N) is 4. The molecule has 0 saturated carbocycles. The van der Waals surface area contributed by atoms with E-state index in [4.69, 9.17) is 11.6 Å².